The summed E-state index contributed by atoms with van der Waals surface area (Å²) in [6.07, 6.45) is 10.3. The molecule has 2 amide bonds. The third kappa shape index (κ3) is 9.71. The lowest BCUT2D eigenvalue weighted by Crippen LogP contribution is -2.46. The summed E-state index contributed by atoms with van der Waals surface area (Å²) in [7, 11) is 5.42. The Morgan fingerprint density at radius 3 is 2.74 bits per heavy atom. The van der Waals surface area contributed by atoms with Gasteiger partial charge in [-0.3, -0.25) is 14.6 Å². The van der Waals surface area contributed by atoms with E-state index < -0.39 is 6.04 Å². The maximum Gasteiger partial charge on any atom is 0.246 e. The van der Waals surface area contributed by atoms with Gasteiger partial charge in [-0.25, -0.2) is 4.98 Å². The highest BCUT2D eigenvalue weighted by Crippen LogP contribution is 2.21. The van der Waals surface area contributed by atoms with Crippen molar-refractivity contribution < 1.29 is 9.59 Å². The van der Waals surface area contributed by atoms with E-state index in [2.05, 4.69) is 56.2 Å². The summed E-state index contributed by atoms with van der Waals surface area (Å²) in [4.78, 5) is 41.8. The molecule has 0 aliphatic carbocycles. The normalized spacial score (nSPS) is 11.5. The molecule has 0 bridgehead atoms. The molecule has 0 aliphatic heterocycles. The van der Waals surface area contributed by atoms with Gasteiger partial charge in [0.15, 0.2) is 0 Å². The number of hydrogen-bond acceptors (Lipinski definition) is 8. The zero-order valence-electron chi connectivity index (χ0n) is 24.9. The Morgan fingerprint density at radius 1 is 1.14 bits per heavy atom. The maximum atomic E-state index is 12.7. The predicted octanol–water partition coefficient (Wildman–Crippen LogP) is 3.97. The van der Waals surface area contributed by atoms with Crippen LogP contribution in [-0.4, -0.2) is 83.4 Å². The van der Waals surface area contributed by atoms with Gasteiger partial charge >= 0.3 is 0 Å². The zero-order chi connectivity index (χ0) is 30.3. The van der Waals surface area contributed by atoms with Crippen molar-refractivity contribution in [3.8, 4) is 11.8 Å². The molecular weight excluding hydrogens is 528 g/mol. The molecule has 0 radical (unpaired) electrons. The fourth-order valence-electron chi connectivity index (χ4n) is 3.90. The topological polar surface area (TPSA) is 115 Å². The summed E-state index contributed by atoms with van der Waals surface area (Å²) in [5.41, 5.74) is 2.49. The van der Waals surface area contributed by atoms with Crippen molar-refractivity contribution in [1.29, 1.82) is 0 Å². The highest BCUT2D eigenvalue weighted by atomic mass is 16.2. The van der Waals surface area contributed by atoms with Crippen molar-refractivity contribution in [3.05, 3.63) is 73.1 Å². The average Bonchev–Trinajstić information content (AvgIpc) is 2.98. The Balaban J connectivity index is 1.54. The van der Waals surface area contributed by atoms with Crippen molar-refractivity contribution in [3.63, 3.8) is 0 Å². The fourth-order valence-corrected chi connectivity index (χ4v) is 3.90. The van der Waals surface area contributed by atoms with Crippen LogP contribution < -0.4 is 16.0 Å². The molecule has 0 saturated carbocycles. The third-order valence-corrected chi connectivity index (χ3v) is 6.18. The van der Waals surface area contributed by atoms with E-state index in [1.807, 2.05) is 49.3 Å². The van der Waals surface area contributed by atoms with Gasteiger partial charge in [0.1, 0.15) is 11.9 Å². The van der Waals surface area contributed by atoms with Crippen LogP contribution in [0.3, 0.4) is 0 Å². The Labute approximate surface area is 248 Å². The Morgan fingerprint density at radius 2 is 1.98 bits per heavy atom. The van der Waals surface area contributed by atoms with Crippen LogP contribution in [0.1, 0.15) is 31.7 Å². The average molecular weight is 569 g/mol. The molecule has 42 heavy (non-hydrogen) atoms. The smallest absolute Gasteiger partial charge is 0.246 e. The molecule has 3 rings (SSSR count). The Hall–Kier alpha value is -4.75. The number of likely N-dealkylation sites (N-methyl/N-ethyl adjacent to an activating group) is 2. The Kier molecular flexibility index (Phi) is 12.5. The van der Waals surface area contributed by atoms with Gasteiger partial charge in [-0.2, -0.15) is 4.98 Å². The number of aromatic nitrogens is 3. The van der Waals surface area contributed by atoms with E-state index >= 15 is 0 Å². The molecule has 3 N–H and O–H groups in total. The van der Waals surface area contributed by atoms with Gasteiger partial charge in [-0.05, 0) is 51.2 Å². The van der Waals surface area contributed by atoms with Crippen molar-refractivity contribution in [2.75, 3.05) is 51.4 Å². The molecule has 10 nitrogen and oxygen atoms in total. The van der Waals surface area contributed by atoms with Crippen LogP contribution in [0.25, 0.3) is 10.9 Å². The number of pyridine rings is 1. The molecular formula is C32H40N8O2. The molecule has 220 valence electrons. The van der Waals surface area contributed by atoms with Crippen molar-refractivity contribution in [2.45, 2.75) is 32.2 Å². The summed E-state index contributed by atoms with van der Waals surface area (Å²) in [5, 5.41) is 10.5. The monoisotopic (exact) mass is 568 g/mol. The van der Waals surface area contributed by atoms with Crippen LogP contribution in [0, 0.1) is 11.8 Å². The molecule has 0 unspecified atom stereocenters. The standard InChI is InChI=1S/C32H40N8O2/c1-6-18-34-30-25(23-36-32(38-30)37-26-16-17-27-24(22-26)14-11-20-33-27)13-9-8-10-19-35-31(42)28(7-2)40(5)29(41)15-12-21-39(3)4/h7,11-12,14-17,20,22-23,28H,2,6,8,10,18-19,21H2,1,3-5H3,(H,35,42)(H2,34,36,37,38)/b15-12+/t28-/m0/s1. The molecule has 1 atom stereocenters. The van der Waals surface area contributed by atoms with Crippen LogP contribution in [0.2, 0.25) is 0 Å². The number of nitrogens with one attached hydrogen (secondary N) is 3. The molecule has 0 saturated heterocycles. The van der Waals surface area contributed by atoms with Crippen LogP contribution in [0.4, 0.5) is 17.5 Å². The quantitative estimate of drug-likeness (QED) is 0.116. The number of rotatable bonds is 14. The molecule has 2 heterocycles. The maximum absolute atomic E-state index is 12.7. The molecule has 1 aromatic carbocycles. The van der Waals surface area contributed by atoms with E-state index in [1.165, 1.54) is 17.1 Å². The van der Waals surface area contributed by atoms with Crippen LogP contribution in [-0.2, 0) is 9.59 Å². The van der Waals surface area contributed by atoms with E-state index in [9.17, 15) is 9.59 Å². The first-order chi connectivity index (χ1) is 20.3. The summed E-state index contributed by atoms with van der Waals surface area (Å²) in [6, 6.07) is 9.07. The van der Waals surface area contributed by atoms with Gasteiger partial charge < -0.3 is 25.8 Å². The SMILES string of the molecule is C=C[C@@H](C(=O)NCCCC#Cc1cnc(Nc2ccc3ncccc3c2)nc1NCCC)N(C)C(=O)/C=C/CN(C)C. The summed E-state index contributed by atoms with van der Waals surface area (Å²) >= 11 is 0. The summed E-state index contributed by atoms with van der Waals surface area (Å²) < 4.78 is 0. The number of benzene rings is 1. The first-order valence-electron chi connectivity index (χ1n) is 14.0. The Bertz CT molecular complexity index is 1460. The van der Waals surface area contributed by atoms with E-state index in [-0.39, 0.29) is 11.8 Å². The number of carbonyl (C=O) groups excluding carboxylic acids is 2. The number of anilines is 3. The lowest BCUT2D eigenvalue weighted by atomic mass is 10.2. The minimum absolute atomic E-state index is 0.256. The second-order valence-electron chi connectivity index (χ2n) is 9.91. The van der Waals surface area contributed by atoms with Crippen molar-refractivity contribution >= 4 is 40.2 Å². The molecule has 0 aliphatic rings. The number of nitrogens with zero attached hydrogens (tertiary/aromatic N) is 5. The summed E-state index contributed by atoms with van der Waals surface area (Å²) in [5.74, 6) is 6.91. The lowest BCUT2D eigenvalue weighted by Gasteiger charge is -2.23. The number of hydrogen-bond donors (Lipinski definition) is 3. The minimum Gasteiger partial charge on any atom is -0.369 e. The zero-order valence-corrected chi connectivity index (χ0v) is 24.9. The van der Waals surface area contributed by atoms with Gasteiger partial charge in [0.25, 0.3) is 0 Å². The minimum atomic E-state index is -0.754. The lowest BCUT2D eigenvalue weighted by molar-refractivity contribution is -0.133. The second kappa shape index (κ2) is 16.5. The highest BCUT2D eigenvalue weighted by molar-refractivity contribution is 5.93. The van der Waals surface area contributed by atoms with Gasteiger partial charge in [0.05, 0.1) is 17.3 Å². The molecule has 0 fully saturated rings. The second-order valence-corrected chi connectivity index (χ2v) is 9.91. The third-order valence-electron chi connectivity index (χ3n) is 6.18. The van der Waals surface area contributed by atoms with Crippen molar-refractivity contribution in [1.82, 2.24) is 30.1 Å². The molecule has 0 spiro atoms. The molecule has 10 heteroatoms. The largest absolute Gasteiger partial charge is 0.369 e. The van der Waals surface area contributed by atoms with E-state index in [0.717, 1.165) is 29.6 Å². The van der Waals surface area contributed by atoms with E-state index in [4.69, 9.17) is 0 Å². The van der Waals surface area contributed by atoms with Gasteiger partial charge in [-0.15, -0.1) is 6.58 Å². The number of amides is 2. The van der Waals surface area contributed by atoms with Crippen LogP contribution in [0.15, 0.2) is 67.5 Å². The van der Waals surface area contributed by atoms with E-state index in [1.54, 1.807) is 25.5 Å². The van der Waals surface area contributed by atoms with Gasteiger partial charge in [-0.1, -0.05) is 37.0 Å². The predicted molar refractivity (Wildman–Crippen MR) is 169 cm³/mol. The molecule has 3 aromatic rings. The number of fused-ring (bicyclic) bond motifs is 1. The first kappa shape index (κ1) is 31.8. The van der Waals surface area contributed by atoms with Gasteiger partial charge in [0, 0.05) is 56.4 Å². The van der Waals surface area contributed by atoms with Crippen LogP contribution >= 0.6 is 0 Å². The fraction of sp³-hybridized carbons (Fsp3) is 0.344. The van der Waals surface area contributed by atoms with Crippen LogP contribution in [0.5, 0.6) is 0 Å². The van der Waals surface area contributed by atoms with Crippen molar-refractivity contribution in [2.24, 2.45) is 0 Å². The highest BCUT2D eigenvalue weighted by Gasteiger charge is 2.22. The number of unbranched alkanes of at least 4 members (excludes halogenated alkanes) is 1. The molecule has 2 aromatic heterocycles. The number of carbonyl (C=O) groups is 2. The van der Waals surface area contributed by atoms with E-state index in [0.29, 0.717) is 43.3 Å². The van der Waals surface area contributed by atoms with Gasteiger partial charge in [0.2, 0.25) is 17.8 Å². The first-order valence-corrected chi connectivity index (χ1v) is 14.0. The summed E-state index contributed by atoms with van der Waals surface area (Å²) in [6.45, 7) is 7.63.